The van der Waals surface area contributed by atoms with Crippen molar-refractivity contribution in [3.63, 3.8) is 0 Å². The van der Waals surface area contributed by atoms with Crippen molar-refractivity contribution >= 4 is 29.0 Å². The summed E-state index contributed by atoms with van der Waals surface area (Å²) in [6, 6.07) is 7.51. The van der Waals surface area contributed by atoms with Crippen LogP contribution in [-0.2, 0) is 0 Å². The highest BCUT2D eigenvalue weighted by Gasteiger charge is 2.25. The van der Waals surface area contributed by atoms with Gasteiger partial charge in [0.25, 0.3) is 5.91 Å². The molecule has 4 rings (SSSR count). The summed E-state index contributed by atoms with van der Waals surface area (Å²) < 4.78 is 26.8. The number of halogens is 2. The normalized spacial score (nSPS) is 16.1. The highest BCUT2D eigenvalue weighted by atomic mass is 19.1. The highest BCUT2D eigenvalue weighted by Crippen LogP contribution is 2.29. The van der Waals surface area contributed by atoms with Crippen LogP contribution in [0.15, 0.2) is 36.4 Å². The lowest BCUT2D eigenvalue weighted by Crippen LogP contribution is -2.30. The van der Waals surface area contributed by atoms with Crippen LogP contribution in [0, 0.1) is 11.6 Å². The number of amides is 3. The van der Waals surface area contributed by atoms with E-state index >= 15 is 0 Å². The Labute approximate surface area is 173 Å². The van der Waals surface area contributed by atoms with E-state index in [0.717, 1.165) is 69.7 Å². The summed E-state index contributed by atoms with van der Waals surface area (Å²) in [5.74, 6) is -1.62. The molecule has 2 aromatic carbocycles. The lowest BCUT2D eigenvalue weighted by Gasteiger charge is -2.24. The van der Waals surface area contributed by atoms with Crippen LogP contribution in [0.5, 0.6) is 0 Å². The Morgan fingerprint density at radius 3 is 2.23 bits per heavy atom. The first-order chi connectivity index (χ1) is 14.5. The molecule has 0 unspecified atom stereocenters. The maximum absolute atomic E-state index is 13.8. The Hall–Kier alpha value is -3.16. The second kappa shape index (κ2) is 8.69. The topological polar surface area (TPSA) is 64.7 Å². The Bertz CT molecular complexity index is 954. The van der Waals surface area contributed by atoms with E-state index in [1.54, 1.807) is 12.1 Å². The lowest BCUT2D eigenvalue weighted by molar-refractivity contribution is 0.0793. The number of nitrogens with one attached hydrogen (secondary N) is 2. The van der Waals surface area contributed by atoms with Crippen molar-refractivity contribution in [2.24, 2.45) is 0 Å². The number of likely N-dealkylation sites (tertiary alicyclic amines) is 1. The van der Waals surface area contributed by atoms with Crippen LogP contribution in [0.4, 0.5) is 30.6 Å². The van der Waals surface area contributed by atoms with Crippen LogP contribution >= 0.6 is 0 Å². The Kier molecular flexibility index (Phi) is 5.83. The van der Waals surface area contributed by atoms with Crippen LogP contribution in [0.3, 0.4) is 0 Å². The molecule has 3 amide bonds. The summed E-state index contributed by atoms with van der Waals surface area (Å²) in [4.78, 5) is 29.5. The molecule has 30 heavy (non-hydrogen) atoms. The molecule has 2 aromatic rings. The maximum Gasteiger partial charge on any atom is 0.323 e. The molecule has 2 N–H and O–H groups in total. The number of anilines is 3. The third kappa shape index (κ3) is 4.37. The summed E-state index contributed by atoms with van der Waals surface area (Å²) in [6.45, 7) is 3.27. The molecule has 6 nitrogen and oxygen atoms in total. The molecule has 2 aliphatic rings. The molecule has 0 atom stereocenters. The van der Waals surface area contributed by atoms with Crippen molar-refractivity contribution in [3.8, 4) is 0 Å². The molecule has 0 aliphatic carbocycles. The fourth-order valence-corrected chi connectivity index (χ4v) is 3.98. The zero-order chi connectivity index (χ0) is 21.1. The van der Waals surface area contributed by atoms with E-state index in [-0.39, 0.29) is 11.6 Å². The van der Waals surface area contributed by atoms with Crippen LogP contribution in [0.2, 0.25) is 0 Å². The van der Waals surface area contributed by atoms with E-state index in [1.807, 2.05) is 11.0 Å². The van der Waals surface area contributed by atoms with Crippen LogP contribution in [0.25, 0.3) is 0 Å². The molecule has 0 bridgehead atoms. The lowest BCUT2D eigenvalue weighted by atomic mass is 10.1. The van der Waals surface area contributed by atoms with Gasteiger partial charge in [-0.3, -0.25) is 4.79 Å². The minimum atomic E-state index is -0.862. The monoisotopic (exact) mass is 414 g/mol. The summed E-state index contributed by atoms with van der Waals surface area (Å²) in [5.41, 5.74) is 1.74. The molecule has 2 heterocycles. The quantitative estimate of drug-likeness (QED) is 0.777. The van der Waals surface area contributed by atoms with Gasteiger partial charge in [-0.2, -0.15) is 0 Å². The molecule has 0 aromatic heterocycles. The summed E-state index contributed by atoms with van der Waals surface area (Å²) in [7, 11) is 0. The predicted molar refractivity (Wildman–Crippen MR) is 112 cm³/mol. The van der Waals surface area contributed by atoms with Gasteiger partial charge in [0, 0.05) is 43.6 Å². The SMILES string of the molecule is O=C(Nc1ccc(N2CCCC2)c(C(=O)N2CCCC2)c1)Nc1ccc(F)cc1F. The third-order valence-corrected chi connectivity index (χ3v) is 5.50. The summed E-state index contributed by atoms with van der Waals surface area (Å²) in [6.07, 6.45) is 4.16. The van der Waals surface area contributed by atoms with E-state index in [4.69, 9.17) is 0 Å². The van der Waals surface area contributed by atoms with Gasteiger partial charge in [0.15, 0.2) is 0 Å². The molecular formula is C22H24F2N4O2. The molecule has 0 radical (unpaired) electrons. The maximum atomic E-state index is 13.8. The predicted octanol–water partition coefficient (Wildman–Crippen LogP) is 4.45. The second-order valence-electron chi connectivity index (χ2n) is 7.63. The zero-order valence-electron chi connectivity index (χ0n) is 16.6. The van der Waals surface area contributed by atoms with Gasteiger partial charge in [0.1, 0.15) is 11.6 Å². The average molecular weight is 414 g/mol. The van der Waals surface area contributed by atoms with Gasteiger partial charge in [-0.05, 0) is 56.0 Å². The van der Waals surface area contributed by atoms with Gasteiger partial charge < -0.3 is 20.4 Å². The molecular weight excluding hydrogens is 390 g/mol. The molecule has 0 spiro atoms. The number of carbonyl (C=O) groups is 2. The molecule has 158 valence electrons. The van der Waals surface area contributed by atoms with Crippen molar-refractivity contribution in [1.29, 1.82) is 0 Å². The first kappa shape index (κ1) is 20.1. The largest absolute Gasteiger partial charge is 0.371 e. The summed E-state index contributed by atoms with van der Waals surface area (Å²) in [5, 5.41) is 5.00. The van der Waals surface area contributed by atoms with Gasteiger partial charge in [0.05, 0.1) is 11.3 Å². The average Bonchev–Trinajstić information content (AvgIpc) is 3.44. The number of urea groups is 1. The van der Waals surface area contributed by atoms with Crippen molar-refractivity contribution < 1.29 is 18.4 Å². The molecule has 8 heteroatoms. The van der Waals surface area contributed by atoms with Crippen LogP contribution < -0.4 is 15.5 Å². The van der Waals surface area contributed by atoms with E-state index in [2.05, 4.69) is 15.5 Å². The van der Waals surface area contributed by atoms with Crippen molar-refractivity contribution in [2.45, 2.75) is 25.7 Å². The van der Waals surface area contributed by atoms with Gasteiger partial charge in [-0.25, -0.2) is 13.6 Å². The van der Waals surface area contributed by atoms with E-state index in [1.165, 1.54) is 0 Å². The Morgan fingerprint density at radius 1 is 0.833 bits per heavy atom. The highest BCUT2D eigenvalue weighted by molar-refractivity contribution is 6.04. The van der Waals surface area contributed by atoms with E-state index in [9.17, 15) is 18.4 Å². The van der Waals surface area contributed by atoms with Gasteiger partial charge in [-0.15, -0.1) is 0 Å². The fraction of sp³-hybridized carbons (Fsp3) is 0.364. The van der Waals surface area contributed by atoms with Gasteiger partial charge >= 0.3 is 6.03 Å². The fourth-order valence-electron chi connectivity index (χ4n) is 3.98. The Balaban J connectivity index is 1.54. The standard InChI is InChI=1S/C22H24F2N4O2/c23-15-5-7-19(18(24)13-15)26-22(30)25-16-6-8-20(27-9-1-2-10-27)17(14-16)21(29)28-11-3-4-12-28/h5-8,13-14H,1-4,9-12H2,(H2,25,26,30). The number of benzene rings is 2. The van der Waals surface area contributed by atoms with Crippen molar-refractivity contribution in [2.75, 3.05) is 41.7 Å². The van der Waals surface area contributed by atoms with Crippen LogP contribution in [-0.4, -0.2) is 43.0 Å². The smallest absolute Gasteiger partial charge is 0.323 e. The Morgan fingerprint density at radius 2 is 1.53 bits per heavy atom. The molecule has 0 saturated carbocycles. The minimum absolute atomic E-state index is 0.0389. The van der Waals surface area contributed by atoms with Crippen molar-refractivity contribution in [1.82, 2.24) is 4.90 Å². The number of rotatable bonds is 4. The molecule has 2 fully saturated rings. The van der Waals surface area contributed by atoms with Crippen molar-refractivity contribution in [3.05, 3.63) is 53.6 Å². The first-order valence-corrected chi connectivity index (χ1v) is 10.2. The van der Waals surface area contributed by atoms with Gasteiger partial charge in [-0.1, -0.05) is 0 Å². The third-order valence-electron chi connectivity index (χ3n) is 5.50. The number of hydrogen-bond donors (Lipinski definition) is 2. The number of hydrogen-bond acceptors (Lipinski definition) is 3. The van der Waals surface area contributed by atoms with E-state index < -0.39 is 17.7 Å². The second-order valence-corrected chi connectivity index (χ2v) is 7.63. The summed E-state index contributed by atoms with van der Waals surface area (Å²) >= 11 is 0. The number of carbonyl (C=O) groups excluding carboxylic acids is 2. The number of nitrogens with zero attached hydrogens (tertiary/aromatic N) is 2. The molecule has 2 saturated heterocycles. The molecule has 2 aliphatic heterocycles. The first-order valence-electron chi connectivity index (χ1n) is 10.2. The van der Waals surface area contributed by atoms with Gasteiger partial charge in [0.2, 0.25) is 0 Å². The van der Waals surface area contributed by atoms with Crippen LogP contribution in [0.1, 0.15) is 36.0 Å². The van der Waals surface area contributed by atoms with E-state index in [0.29, 0.717) is 17.3 Å². The minimum Gasteiger partial charge on any atom is -0.371 e. The zero-order valence-corrected chi connectivity index (χ0v) is 16.6.